The third kappa shape index (κ3) is 2.50. The normalized spacial score (nSPS) is 22.1. The summed E-state index contributed by atoms with van der Waals surface area (Å²) in [5.74, 6) is 0. The number of rotatable bonds is 0. The number of hydrogen-bond donors (Lipinski definition) is 1. The van der Waals surface area contributed by atoms with Crippen molar-refractivity contribution in [3.63, 3.8) is 0 Å². The molecule has 0 radical (unpaired) electrons. The molecule has 1 saturated heterocycles. The molecule has 1 N–H and O–H groups in total. The molecular weight excluding hydrogens is 124 g/mol. The molecule has 3 heteroatoms. The molecule has 1 aliphatic heterocycles. The van der Waals surface area contributed by atoms with Gasteiger partial charge >= 0.3 is 0 Å². The zero-order valence-electron chi connectivity index (χ0n) is 5.18. The van der Waals surface area contributed by atoms with Gasteiger partial charge in [-0.25, -0.2) is 0 Å². The Morgan fingerprint density at radius 1 is 1.50 bits per heavy atom. The van der Waals surface area contributed by atoms with Gasteiger partial charge < -0.3 is 5.32 Å². The maximum absolute atomic E-state index is 3.26. The summed E-state index contributed by atoms with van der Waals surface area (Å²) in [6, 6.07) is 0. The minimum Gasteiger partial charge on any atom is -0.304 e. The van der Waals surface area contributed by atoms with Gasteiger partial charge in [0.1, 0.15) is 0 Å². The van der Waals surface area contributed by atoms with Crippen LogP contribution in [0.4, 0.5) is 0 Å². The van der Waals surface area contributed by atoms with Crippen LogP contribution in [0.15, 0.2) is 0 Å². The quantitative estimate of drug-likeness (QED) is 0.515. The average Bonchev–Trinajstić information content (AvgIpc) is 1.69. The van der Waals surface area contributed by atoms with E-state index < -0.39 is 0 Å². The summed E-state index contributed by atoms with van der Waals surface area (Å²) in [4.78, 5) is 2.28. The van der Waals surface area contributed by atoms with E-state index in [4.69, 9.17) is 0 Å². The molecule has 0 bridgehead atoms. The highest BCUT2D eigenvalue weighted by molar-refractivity contribution is 5.85. The van der Waals surface area contributed by atoms with E-state index in [0.29, 0.717) is 0 Å². The first kappa shape index (κ1) is 8.21. The molecule has 1 heterocycles. The molecule has 8 heavy (non-hydrogen) atoms. The Bertz CT molecular complexity index is 52.4. The highest BCUT2D eigenvalue weighted by Crippen LogP contribution is 1.88. The molecule has 0 aromatic rings. The van der Waals surface area contributed by atoms with Crippen LogP contribution < -0.4 is 5.32 Å². The first-order chi connectivity index (χ1) is 3.39. The van der Waals surface area contributed by atoms with Crippen molar-refractivity contribution in [3.05, 3.63) is 0 Å². The maximum atomic E-state index is 3.26. The lowest BCUT2D eigenvalue weighted by Crippen LogP contribution is -2.38. The second-order valence-corrected chi connectivity index (χ2v) is 2.09. The Morgan fingerprint density at radius 2 is 2.25 bits per heavy atom. The van der Waals surface area contributed by atoms with Crippen LogP contribution in [0, 0.1) is 0 Å². The Balaban J connectivity index is 0.000000490. The molecule has 0 saturated carbocycles. The van der Waals surface area contributed by atoms with Crippen LogP contribution in [-0.4, -0.2) is 31.7 Å². The van der Waals surface area contributed by atoms with Gasteiger partial charge in [0.25, 0.3) is 0 Å². The van der Waals surface area contributed by atoms with Crippen molar-refractivity contribution in [1.29, 1.82) is 0 Å². The van der Waals surface area contributed by atoms with Crippen LogP contribution in [0.2, 0.25) is 0 Å². The number of hydrogen-bond acceptors (Lipinski definition) is 2. The van der Waals surface area contributed by atoms with Crippen molar-refractivity contribution < 1.29 is 0 Å². The van der Waals surface area contributed by atoms with Crippen molar-refractivity contribution in [1.82, 2.24) is 10.2 Å². The van der Waals surface area contributed by atoms with Crippen LogP contribution in [-0.2, 0) is 0 Å². The first-order valence-corrected chi connectivity index (χ1v) is 2.79. The van der Waals surface area contributed by atoms with Gasteiger partial charge in [0.2, 0.25) is 0 Å². The van der Waals surface area contributed by atoms with Gasteiger partial charge in [-0.2, -0.15) is 0 Å². The minimum atomic E-state index is 0. The number of halogens is 1. The summed E-state index contributed by atoms with van der Waals surface area (Å²) < 4.78 is 0. The molecule has 1 aliphatic rings. The van der Waals surface area contributed by atoms with Gasteiger partial charge in [-0.15, -0.1) is 12.4 Å². The molecule has 0 atom stereocenters. The molecule has 50 valence electrons. The maximum Gasteiger partial charge on any atom is 0.0477 e. The van der Waals surface area contributed by atoms with E-state index in [1.807, 2.05) is 0 Å². The van der Waals surface area contributed by atoms with Crippen molar-refractivity contribution in [3.8, 4) is 0 Å². The first-order valence-electron chi connectivity index (χ1n) is 2.79. The summed E-state index contributed by atoms with van der Waals surface area (Å²) in [6.07, 6.45) is 1.30. The second kappa shape index (κ2) is 4.13. The molecule has 0 spiro atoms. The molecule has 1 rings (SSSR count). The molecule has 0 aliphatic carbocycles. The molecule has 0 amide bonds. The number of nitrogens with zero attached hydrogens (tertiary/aromatic N) is 1. The molecule has 0 aromatic heterocycles. The Morgan fingerprint density at radius 3 is 2.50 bits per heavy atom. The largest absolute Gasteiger partial charge is 0.304 e. The second-order valence-electron chi connectivity index (χ2n) is 2.09. The van der Waals surface area contributed by atoms with Gasteiger partial charge in [-0.05, 0) is 20.0 Å². The van der Waals surface area contributed by atoms with Crippen LogP contribution in [0.1, 0.15) is 6.42 Å². The topological polar surface area (TPSA) is 15.3 Å². The Hall–Kier alpha value is 0.210. The van der Waals surface area contributed by atoms with Crippen LogP contribution in [0.5, 0.6) is 0 Å². The van der Waals surface area contributed by atoms with E-state index in [0.717, 1.165) is 6.67 Å². The van der Waals surface area contributed by atoms with Crippen LogP contribution in [0.3, 0.4) is 0 Å². The summed E-state index contributed by atoms with van der Waals surface area (Å²) in [5.41, 5.74) is 0. The molecule has 2 nitrogen and oxygen atoms in total. The summed E-state index contributed by atoms with van der Waals surface area (Å²) in [6.45, 7) is 3.53. The van der Waals surface area contributed by atoms with Gasteiger partial charge in [-0.3, -0.25) is 4.90 Å². The Labute approximate surface area is 56.7 Å². The van der Waals surface area contributed by atoms with Gasteiger partial charge in [0.05, 0.1) is 0 Å². The van der Waals surface area contributed by atoms with Crippen molar-refractivity contribution >= 4 is 12.4 Å². The van der Waals surface area contributed by atoms with E-state index in [1.165, 1.54) is 19.5 Å². The standard InChI is InChI=1S/C5H12N2.ClH/c1-7-4-2-3-6-5-7;/h6H,2-5H2,1H3;1H. The predicted molar refractivity (Wildman–Crippen MR) is 37.4 cm³/mol. The summed E-state index contributed by atoms with van der Waals surface area (Å²) in [7, 11) is 2.13. The monoisotopic (exact) mass is 136 g/mol. The van der Waals surface area contributed by atoms with Crippen molar-refractivity contribution in [2.24, 2.45) is 0 Å². The molecule has 0 unspecified atom stereocenters. The van der Waals surface area contributed by atoms with Gasteiger partial charge in [-0.1, -0.05) is 0 Å². The lowest BCUT2D eigenvalue weighted by molar-refractivity contribution is 0.261. The fourth-order valence-electron chi connectivity index (χ4n) is 0.823. The smallest absolute Gasteiger partial charge is 0.0477 e. The predicted octanol–water partition coefficient (Wildman–Crippen LogP) is 0.291. The van der Waals surface area contributed by atoms with Crippen molar-refractivity contribution in [2.45, 2.75) is 6.42 Å². The Kier molecular flexibility index (Phi) is 4.23. The van der Waals surface area contributed by atoms with Crippen LogP contribution in [0.25, 0.3) is 0 Å². The molecular formula is C5H13ClN2. The van der Waals surface area contributed by atoms with E-state index in [-0.39, 0.29) is 12.4 Å². The third-order valence-electron chi connectivity index (χ3n) is 1.28. The fourth-order valence-corrected chi connectivity index (χ4v) is 0.823. The lowest BCUT2D eigenvalue weighted by Gasteiger charge is -2.22. The number of nitrogens with one attached hydrogen (secondary N) is 1. The van der Waals surface area contributed by atoms with E-state index in [9.17, 15) is 0 Å². The SMILES string of the molecule is CN1CCCNC1.Cl. The zero-order chi connectivity index (χ0) is 5.11. The van der Waals surface area contributed by atoms with Crippen molar-refractivity contribution in [2.75, 3.05) is 26.8 Å². The minimum absolute atomic E-state index is 0. The summed E-state index contributed by atoms with van der Waals surface area (Å²) >= 11 is 0. The third-order valence-corrected chi connectivity index (χ3v) is 1.28. The highest BCUT2D eigenvalue weighted by atomic mass is 35.5. The van der Waals surface area contributed by atoms with Gasteiger partial charge in [0.15, 0.2) is 0 Å². The molecule has 0 aromatic carbocycles. The van der Waals surface area contributed by atoms with Crippen LogP contribution >= 0.6 is 12.4 Å². The fraction of sp³-hybridized carbons (Fsp3) is 1.00. The molecule has 1 fully saturated rings. The van der Waals surface area contributed by atoms with Gasteiger partial charge in [0, 0.05) is 13.2 Å². The van der Waals surface area contributed by atoms with E-state index in [1.54, 1.807) is 0 Å². The highest BCUT2D eigenvalue weighted by Gasteiger charge is 2.00. The average molecular weight is 137 g/mol. The van der Waals surface area contributed by atoms with E-state index in [2.05, 4.69) is 17.3 Å². The van der Waals surface area contributed by atoms with E-state index >= 15 is 0 Å². The summed E-state index contributed by atoms with van der Waals surface area (Å²) in [5, 5.41) is 3.26. The zero-order valence-corrected chi connectivity index (χ0v) is 6.00. The lowest BCUT2D eigenvalue weighted by atomic mass is 10.3.